The Hall–Kier alpha value is -1.44. The lowest BCUT2D eigenvalue weighted by atomic mass is 9.99. The van der Waals surface area contributed by atoms with E-state index in [1.165, 1.54) is 4.31 Å². The van der Waals surface area contributed by atoms with E-state index in [-0.39, 0.29) is 23.3 Å². The molecular formula is C18H29N3O3S. The van der Waals surface area contributed by atoms with Gasteiger partial charge in [0.15, 0.2) is 0 Å². The van der Waals surface area contributed by atoms with Gasteiger partial charge in [-0.15, -0.1) is 0 Å². The molecule has 0 spiro atoms. The molecule has 0 saturated carbocycles. The Bertz CT molecular complexity index is 645. The van der Waals surface area contributed by atoms with E-state index < -0.39 is 10.0 Å². The van der Waals surface area contributed by atoms with Crippen LogP contribution in [0.15, 0.2) is 35.2 Å². The molecule has 1 aliphatic heterocycles. The summed E-state index contributed by atoms with van der Waals surface area (Å²) >= 11 is 0. The quantitative estimate of drug-likeness (QED) is 0.757. The third kappa shape index (κ3) is 5.26. The minimum absolute atomic E-state index is 0.0416. The molecule has 7 heteroatoms. The van der Waals surface area contributed by atoms with E-state index in [1.807, 2.05) is 0 Å². The first kappa shape index (κ1) is 19.9. The van der Waals surface area contributed by atoms with Gasteiger partial charge in [-0.1, -0.05) is 32.0 Å². The molecule has 1 N–H and O–H groups in total. The lowest BCUT2D eigenvalue weighted by Crippen LogP contribution is -2.46. The second-order valence-corrected chi connectivity index (χ2v) is 8.27. The average Bonchev–Trinajstić information content (AvgIpc) is 2.66. The maximum Gasteiger partial charge on any atom is 0.243 e. The van der Waals surface area contributed by atoms with Gasteiger partial charge in [0, 0.05) is 26.2 Å². The van der Waals surface area contributed by atoms with Crippen molar-refractivity contribution >= 4 is 15.9 Å². The molecular weight excluding hydrogens is 338 g/mol. The molecule has 1 fully saturated rings. The van der Waals surface area contributed by atoms with Crippen molar-refractivity contribution in [2.45, 2.75) is 31.6 Å². The highest BCUT2D eigenvalue weighted by Crippen LogP contribution is 2.23. The Morgan fingerprint density at radius 2 is 1.92 bits per heavy atom. The first-order valence-corrected chi connectivity index (χ1v) is 10.5. The summed E-state index contributed by atoms with van der Waals surface area (Å²) in [6, 6.07) is 8.43. The van der Waals surface area contributed by atoms with Crippen LogP contribution in [0.3, 0.4) is 0 Å². The van der Waals surface area contributed by atoms with Crippen LogP contribution >= 0.6 is 0 Å². The molecule has 0 bridgehead atoms. The Balaban J connectivity index is 1.93. The van der Waals surface area contributed by atoms with Gasteiger partial charge in [-0.3, -0.25) is 4.79 Å². The van der Waals surface area contributed by atoms with Crippen molar-refractivity contribution in [2.24, 2.45) is 5.92 Å². The SMILES string of the molecule is CCN(CC)CCNC(=O)C1CCCN(S(=O)(=O)c2ccccc2)C1. The van der Waals surface area contributed by atoms with E-state index in [0.29, 0.717) is 19.5 Å². The van der Waals surface area contributed by atoms with Gasteiger partial charge in [0.2, 0.25) is 15.9 Å². The van der Waals surface area contributed by atoms with Crippen LogP contribution < -0.4 is 5.32 Å². The number of hydrogen-bond donors (Lipinski definition) is 1. The summed E-state index contributed by atoms with van der Waals surface area (Å²) in [5.74, 6) is -0.316. The average molecular weight is 368 g/mol. The van der Waals surface area contributed by atoms with Crippen molar-refractivity contribution in [3.63, 3.8) is 0 Å². The molecule has 2 rings (SSSR count). The van der Waals surface area contributed by atoms with Crippen LogP contribution in [-0.4, -0.2) is 62.8 Å². The Labute approximate surface area is 151 Å². The van der Waals surface area contributed by atoms with E-state index in [1.54, 1.807) is 30.3 Å². The number of benzene rings is 1. The first-order valence-electron chi connectivity index (χ1n) is 9.04. The molecule has 1 atom stereocenters. The number of rotatable bonds is 8. The number of piperidine rings is 1. The smallest absolute Gasteiger partial charge is 0.243 e. The second kappa shape index (κ2) is 9.31. The van der Waals surface area contributed by atoms with E-state index in [0.717, 1.165) is 26.1 Å². The van der Waals surface area contributed by atoms with Gasteiger partial charge < -0.3 is 10.2 Å². The minimum atomic E-state index is -3.53. The van der Waals surface area contributed by atoms with Crippen molar-refractivity contribution < 1.29 is 13.2 Å². The summed E-state index contributed by atoms with van der Waals surface area (Å²) in [5.41, 5.74) is 0. The number of likely N-dealkylation sites (N-methyl/N-ethyl adjacent to an activating group) is 1. The first-order chi connectivity index (χ1) is 12.0. The fourth-order valence-electron chi connectivity index (χ4n) is 3.14. The lowest BCUT2D eigenvalue weighted by Gasteiger charge is -2.31. The Kier molecular flexibility index (Phi) is 7.40. The van der Waals surface area contributed by atoms with Crippen molar-refractivity contribution in [3.8, 4) is 0 Å². The van der Waals surface area contributed by atoms with Gasteiger partial charge in [0.25, 0.3) is 0 Å². The van der Waals surface area contributed by atoms with E-state index in [4.69, 9.17) is 0 Å². The molecule has 1 amide bonds. The molecule has 140 valence electrons. The van der Waals surface area contributed by atoms with E-state index >= 15 is 0 Å². The van der Waals surface area contributed by atoms with Crippen LogP contribution in [-0.2, 0) is 14.8 Å². The van der Waals surface area contributed by atoms with Crippen molar-refractivity contribution in [2.75, 3.05) is 39.3 Å². The summed E-state index contributed by atoms with van der Waals surface area (Å²) in [6.45, 7) is 8.25. The molecule has 1 aromatic carbocycles. The number of nitrogens with one attached hydrogen (secondary N) is 1. The van der Waals surface area contributed by atoms with Crippen LogP contribution in [0.2, 0.25) is 0 Å². The van der Waals surface area contributed by atoms with Gasteiger partial charge in [-0.2, -0.15) is 4.31 Å². The number of carbonyl (C=O) groups is 1. The molecule has 0 aromatic heterocycles. The van der Waals surface area contributed by atoms with Gasteiger partial charge in [0.05, 0.1) is 10.8 Å². The summed E-state index contributed by atoms with van der Waals surface area (Å²) in [4.78, 5) is 14.9. The summed E-state index contributed by atoms with van der Waals surface area (Å²) in [7, 11) is -3.53. The normalized spacial score (nSPS) is 19.1. The molecule has 1 aliphatic rings. The fourth-order valence-corrected chi connectivity index (χ4v) is 4.68. The molecule has 1 unspecified atom stereocenters. The van der Waals surface area contributed by atoms with E-state index in [2.05, 4.69) is 24.1 Å². The number of carbonyl (C=O) groups excluding carboxylic acids is 1. The van der Waals surface area contributed by atoms with Gasteiger partial charge in [-0.25, -0.2) is 8.42 Å². The largest absolute Gasteiger partial charge is 0.355 e. The third-order valence-corrected chi connectivity index (χ3v) is 6.64. The van der Waals surface area contributed by atoms with Gasteiger partial charge >= 0.3 is 0 Å². The zero-order valence-corrected chi connectivity index (χ0v) is 16.0. The zero-order chi connectivity index (χ0) is 18.3. The standard InChI is InChI=1S/C18H29N3O3S/c1-3-20(4-2)14-12-19-18(22)16-9-8-13-21(15-16)25(23,24)17-10-6-5-7-11-17/h5-7,10-11,16H,3-4,8-9,12-15H2,1-2H3,(H,19,22). The monoisotopic (exact) mass is 367 g/mol. The Morgan fingerprint density at radius 3 is 2.56 bits per heavy atom. The molecule has 0 radical (unpaired) electrons. The van der Waals surface area contributed by atoms with Crippen LogP contribution in [0.25, 0.3) is 0 Å². The minimum Gasteiger partial charge on any atom is -0.355 e. The highest BCUT2D eigenvalue weighted by atomic mass is 32.2. The summed E-state index contributed by atoms with van der Waals surface area (Å²) in [6.07, 6.45) is 1.44. The highest BCUT2D eigenvalue weighted by Gasteiger charge is 2.33. The van der Waals surface area contributed by atoms with Crippen molar-refractivity contribution in [1.82, 2.24) is 14.5 Å². The number of sulfonamides is 1. The van der Waals surface area contributed by atoms with Crippen LogP contribution in [0, 0.1) is 5.92 Å². The summed E-state index contributed by atoms with van der Waals surface area (Å²) < 4.78 is 26.9. The van der Waals surface area contributed by atoms with Crippen LogP contribution in [0.5, 0.6) is 0 Å². The third-order valence-electron chi connectivity index (χ3n) is 4.76. The number of amides is 1. The fraction of sp³-hybridized carbons (Fsp3) is 0.611. The molecule has 25 heavy (non-hydrogen) atoms. The predicted octanol–water partition coefficient (Wildman–Crippen LogP) is 1.55. The number of nitrogens with zero attached hydrogens (tertiary/aromatic N) is 2. The van der Waals surface area contributed by atoms with Crippen LogP contribution in [0.4, 0.5) is 0 Å². The number of hydrogen-bond acceptors (Lipinski definition) is 4. The second-order valence-electron chi connectivity index (χ2n) is 6.33. The molecule has 1 aromatic rings. The maximum absolute atomic E-state index is 12.7. The van der Waals surface area contributed by atoms with Gasteiger partial charge in [-0.05, 0) is 38.1 Å². The molecule has 1 saturated heterocycles. The van der Waals surface area contributed by atoms with Crippen LogP contribution in [0.1, 0.15) is 26.7 Å². The molecule has 1 heterocycles. The molecule has 6 nitrogen and oxygen atoms in total. The van der Waals surface area contributed by atoms with Gasteiger partial charge in [0.1, 0.15) is 0 Å². The zero-order valence-electron chi connectivity index (χ0n) is 15.1. The predicted molar refractivity (Wildman–Crippen MR) is 98.7 cm³/mol. The lowest BCUT2D eigenvalue weighted by molar-refractivity contribution is -0.126. The topological polar surface area (TPSA) is 69.7 Å². The highest BCUT2D eigenvalue weighted by molar-refractivity contribution is 7.89. The summed E-state index contributed by atoms with van der Waals surface area (Å²) in [5, 5.41) is 2.96. The maximum atomic E-state index is 12.7. The van der Waals surface area contributed by atoms with Crippen molar-refractivity contribution in [1.29, 1.82) is 0 Å². The molecule has 0 aliphatic carbocycles. The van der Waals surface area contributed by atoms with E-state index in [9.17, 15) is 13.2 Å². The van der Waals surface area contributed by atoms with Crippen molar-refractivity contribution in [3.05, 3.63) is 30.3 Å². The Morgan fingerprint density at radius 1 is 1.24 bits per heavy atom.